The number of carbonyl (C=O) groups is 1. The van der Waals surface area contributed by atoms with Gasteiger partial charge in [-0.2, -0.15) is 0 Å². The third kappa shape index (κ3) is 5.41. The molecule has 1 unspecified atom stereocenters. The molecule has 0 aromatic rings. The molecule has 1 heterocycles. The highest BCUT2D eigenvalue weighted by molar-refractivity contribution is 5.82. The number of nitrogens with zero attached hydrogens (tertiary/aromatic N) is 2. The maximum atomic E-state index is 12.3. The van der Waals surface area contributed by atoms with Gasteiger partial charge in [0.15, 0.2) is 0 Å². The molecule has 23 heavy (non-hydrogen) atoms. The topological polar surface area (TPSA) is 56.8 Å². The summed E-state index contributed by atoms with van der Waals surface area (Å²) in [6.07, 6.45) is 6.77. The van der Waals surface area contributed by atoms with E-state index >= 15 is 0 Å². The fourth-order valence-corrected chi connectivity index (χ4v) is 3.84. The smallest absolute Gasteiger partial charge is 0.239 e. The summed E-state index contributed by atoms with van der Waals surface area (Å²) in [4.78, 5) is 16.8. The number of rotatable bonds is 8. The van der Waals surface area contributed by atoms with Crippen LogP contribution in [0.5, 0.6) is 0 Å². The van der Waals surface area contributed by atoms with Crippen LogP contribution in [0.2, 0.25) is 0 Å². The predicted molar refractivity (Wildman–Crippen MR) is 92.3 cm³/mol. The van der Waals surface area contributed by atoms with Gasteiger partial charge in [-0.25, -0.2) is 0 Å². The standard InChI is InChI=1S/C17H34N4O2/c1-20(2)11-9-18-16(14-7-5-4-6-8-14)21-12-10-19-17(22)15(21)13-23-3/h14-16,18H,4-13H2,1-3H3,(H,19,22)/t15-,16?/m0/s1. The van der Waals surface area contributed by atoms with Crippen LogP contribution >= 0.6 is 0 Å². The molecule has 0 spiro atoms. The molecule has 2 rings (SSSR count). The molecule has 0 radical (unpaired) electrons. The highest BCUT2D eigenvalue weighted by Gasteiger charge is 2.37. The maximum Gasteiger partial charge on any atom is 0.239 e. The summed E-state index contributed by atoms with van der Waals surface area (Å²) < 4.78 is 5.32. The SMILES string of the molecule is COC[C@H]1C(=O)NCCN1C(NCCN(C)C)C1CCCCC1. The highest BCUT2D eigenvalue weighted by atomic mass is 16.5. The fourth-order valence-electron chi connectivity index (χ4n) is 3.84. The molecule has 6 nitrogen and oxygen atoms in total. The lowest BCUT2D eigenvalue weighted by atomic mass is 9.85. The first kappa shape index (κ1) is 18.6. The van der Waals surface area contributed by atoms with Gasteiger partial charge in [-0.1, -0.05) is 19.3 Å². The Bertz CT molecular complexity index is 359. The van der Waals surface area contributed by atoms with Crippen LogP contribution in [-0.2, 0) is 9.53 Å². The number of nitrogens with one attached hydrogen (secondary N) is 2. The van der Waals surface area contributed by atoms with Crippen LogP contribution in [0.4, 0.5) is 0 Å². The van der Waals surface area contributed by atoms with Gasteiger partial charge < -0.3 is 20.3 Å². The van der Waals surface area contributed by atoms with Gasteiger partial charge in [0.25, 0.3) is 0 Å². The molecule has 134 valence electrons. The van der Waals surface area contributed by atoms with Gasteiger partial charge >= 0.3 is 0 Å². The third-order valence-corrected chi connectivity index (χ3v) is 5.06. The summed E-state index contributed by atoms with van der Waals surface area (Å²) in [6, 6.07) is -0.174. The Morgan fingerprint density at radius 1 is 1.35 bits per heavy atom. The number of ether oxygens (including phenoxy) is 1. The Kier molecular flexibility index (Phi) is 7.76. The lowest BCUT2D eigenvalue weighted by molar-refractivity contribution is -0.134. The Morgan fingerprint density at radius 2 is 2.09 bits per heavy atom. The van der Waals surface area contributed by atoms with Crippen LogP contribution in [0, 0.1) is 5.92 Å². The van der Waals surface area contributed by atoms with E-state index in [1.165, 1.54) is 32.1 Å². The number of hydrogen-bond donors (Lipinski definition) is 2. The predicted octanol–water partition coefficient (Wildman–Crippen LogP) is 0.491. The molecule has 0 aromatic carbocycles. The van der Waals surface area contributed by atoms with Crippen LogP contribution in [0.25, 0.3) is 0 Å². The number of piperazine rings is 1. The van der Waals surface area contributed by atoms with E-state index in [0.717, 1.165) is 26.2 Å². The Hall–Kier alpha value is -0.690. The molecule has 2 N–H and O–H groups in total. The van der Waals surface area contributed by atoms with Crippen molar-refractivity contribution in [2.45, 2.75) is 44.3 Å². The second-order valence-corrected chi connectivity index (χ2v) is 7.10. The summed E-state index contributed by atoms with van der Waals surface area (Å²) in [5.74, 6) is 0.740. The minimum Gasteiger partial charge on any atom is -0.383 e. The Morgan fingerprint density at radius 3 is 2.74 bits per heavy atom. The van der Waals surface area contributed by atoms with E-state index in [1.54, 1.807) is 7.11 Å². The normalized spacial score (nSPS) is 25.6. The zero-order valence-corrected chi connectivity index (χ0v) is 15.0. The van der Waals surface area contributed by atoms with Crippen molar-refractivity contribution in [3.63, 3.8) is 0 Å². The van der Waals surface area contributed by atoms with Crippen LogP contribution in [-0.4, -0.2) is 81.9 Å². The molecular weight excluding hydrogens is 292 g/mol. The van der Waals surface area contributed by atoms with Gasteiger partial charge in [-0.3, -0.25) is 9.69 Å². The molecule has 2 atom stereocenters. The first-order chi connectivity index (χ1) is 11.1. The molecule has 0 aromatic heterocycles. The summed E-state index contributed by atoms with van der Waals surface area (Å²) in [6.45, 7) is 4.06. The minimum atomic E-state index is -0.174. The second kappa shape index (κ2) is 9.57. The van der Waals surface area contributed by atoms with Crippen molar-refractivity contribution in [1.82, 2.24) is 20.4 Å². The zero-order valence-electron chi connectivity index (χ0n) is 15.0. The van der Waals surface area contributed by atoms with Gasteiger partial charge in [0, 0.05) is 33.3 Å². The van der Waals surface area contributed by atoms with E-state index in [4.69, 9.17) is 4.74 Å². The van der Waals surface area contributed by atoms with Gasteiger partial charge in [-0.15, -0.1) is 0 Å². The van der Waals surface area contributed by atoms with E-state index in [0.29, 0.717) is 12.5 Å². The molecule has 2 fully saturated rings. The average Bonchev–Trinajstić information content (AvgIpc) is 2.54. The van der Waals surface area contributed by atoms with E-state index in [-0.39, 0.29) is 18.1 Å². The van der Waals surface area contributed by atoms with E-state index in [2.05, 4.69) is 34.5 Å². The average molecular weight is 326 g/mol. The van der Waals surface area contributed by atoms with Crippen molar-refractivity contribution in [1.29, 1.82) is 0 Å². The van der Waals surface area contributed by atoms with Crippen LogP contribution in [0.1, 0.15) is 32.1 Å². The summed E-state index contributed by atoms with van der Waals surface area (Å²) in [5, 5.41) is 6.73. The zero-order chi connectivity index (χ0) is 16.7. The van der Waals surface area contributed by atoms with Crippen LogP contribution in [0.15, 0.2) is 0 Å². The summed E-state index contributed by atoms with van der Waals surface area (Å²) in [5.41, 5.74) is 0. The summed E-state index contributed by atoms with van der Waals surface area (Å²) >= 11 is 0. The third-order valence-electron chi connectivity index (χ3n) is 5.06. The monoisotopic (exact) mass is 326 g/mol. The molecule has 6 heteroatoms. The van der Waals surface area contributed by atoms with Crippen molar-refractivity contribution < 1.29 is 9.53 Å². The van der Waals surface area contributed by atoms with Crippen molar-refractivity contribution in [3.8, 4) is 0 Å². The molecule has 0 bridgehead atoms. The lowest BCUT2D eigenvalue weighted by Crippen LogP contribution is -2.65. The number of methoxy groups -OCH3 is 1. The quantitative estimate of drug-likeness (QED) is 0.680. The maximum absolute atomic E-state index is 12.3. The van der Waals surface area contributed by atoms with Gasteiger partial charge in [0.05, 0.1) is 12.8 Å². The van der Waals surface area contributed by atoms with Crippen molar-refractivity contribution in [2.75, 3.05) is 54.0 Å². The van der Waals surface area contributed by atoms with Crippen LogP contribution < -0.4 is 10.6 Å². The molecule has 1 amide bonds. The Labute approximate surface area is 140 Å². The van der Waals surface area contributed by atoms with Gasteiger partial charge in [0.2, 0.25) is 5.91 Å². The molecule has 1 saturated heterocycles. The largest absolute Gasteiger partial charge is 0.383 e. The first-order valence-corrected chi connectivity index (χ1v) is 9.04. The van der Waals surface area contributed by atoms with E-state index < -0.39 is 0 Å². The second-order valence-electron chi connectivity index (χ2n) is 7.10. The van der Waals surface area contributed by atoms with Crippen molar-refractivity contribution in [2.24, 2.45) is 5.92 Å². The molecule has 1 saturated carbocycles. The van der Waals surface area contributed by atoms with Crippen LogP contribution in [0.3, 0.4) is 0 Å². The highest BCUT2D eigenvalue weighted by Crippen LogP contribution is 2.29. The van der Waals surface area contributed by atoms with Gasteiger partial charge in [-0.05, 0) is 32.9 Å². The first-order valence-electron chi connectivity index (χ1n) is 9.04. The van der Waals surface area contributed by atoms with Crippen molar-refractivity contribution >= 4 is 5.91 Å². The minimum absolute atomic E-state index is 0.105. The molecular formula is C17H34N4O2. The molecule has 1 aliphatic heterocycles. The lowest BCUT2D eigenvalue weighted by Gasteiger charge is -2.44. The fraction of sp³-hybridized carbons (Fsp3) is 0.941. The summed E-state index contributed by atoms with van der Waals surface area (Å²) in [7, 11) is 5.87. The number of carbonyl (C=O) groups excluding carboxylic acids is 1. The number of hydrogen-bond acceptors (Lipinski definition) is 5. The number of amides is 1. The molecule has 2 aliphatic rings. The Balaban J connectivity index is 2.07. The van der Waals surface area contributed by atoms with E-state index in [1.807, 2.05) is 0 Å². The molecule has 1 aliphatic carbocycles. The number of likely N-dealkylation sites (N-methyl/N-ethyl adjacent to an activating group) is 1. The van der Waals surface area contributed by atoms with Gasteiger partial charge in [0.1, 0.15) is 6.04 Å². The van der Waals surface area contributed by atoms with E-state index in [9.17, 15) is 4.79 Å². The van der Waals surface area contributed by atoms with Crippen molar-refractivity contribution in [3.05, 3.63) is 0 Å².